The van der Waals surface area contributed by atoms with E-state index in [1.165, 1.54) is 0 Å². The maximum atomic E-state index is 11.3. The van der Waals surface area contributed by atoms with Crippen molar-refractivity contribution in [3.63, 3.8) is 0 Å². The van der Waals surface area contributed by atoms with Gasteiger partial charge in [-0.2, -0.15) is 0 Å². The molecule has 0 saturated heterocycles. The van der Waals surface area contributed by atoms with Crippen LogP contribution in [0.4, 0.5) is 9.93 Å². The lowest BCUT2D eigenvalue weighted by atomic mass is 10.3. The topological polar surface area (TPSA) is 81.2 Å². The van der Waals surface area contributed by atoms with Crippen LogP contribution in [0.15, 0.2) is 0 Å². The zero-order chi connectivity index (χ0) is 11.3. The van der Waals surface area contributed by atoms with Crippen molar-refractivity contribution in [3.8, 4) is 0 Å². The predicted molar refractivity (Wildman–Crippen MR) is 59.7 cm³/mol. The number of urea groups is 1. The van der Waals surface area contributed by atoms with Crippen molar-refractivity contribution in [1.29, 1.82) is 0 Å². The molecule has 84 valence electrons. The van der Waals surface area contributed by atoms with E-state index in [1.54, 1.807) is 0 Å². The second kappa shape index (κ2) is 5.79. The summed E-state index contributed by atoms with van der Waals surface area (Å²) in [7, 11) is 0. The maximum absolute atomic E-state index is 11.3. The van der Waals surface area contributed by atoms with Crippen LogP contribution in [-0.4, -0.2) is 33.0 Å². The molecular weight excluding hydrogens is 236 g/mol. The molecule has 2 amide bonds. The smallest absolute Gasteiger partial charge is 0.284 e. The Morgan fingerprint density at radius 1 is 1.80 bits per heavy atom. The molecule has 0 fully saturated rings. The van der Waals surface area contributed by atoms with E-state index in [9.17, 15) is 10.0 Å². The second-order valence-electron chi connectivity index (χ2n) is 2.83. The van der Waals surface area contributed by atoms with Crippen LogP contribution in [0.25, 0.3) is 0 Å². The van der Waals surface area contributed by atoms with E-state index in [2.05, 4.69) is 15.5 Å². The minimum Gasteiger partial charge on any atom is -0.284 e. The number of hydrogen-bond acceptors (Lipinski definition) is 5. The zero-order valence-corrected chi connectivity index (χ0v) is 9.82. The Labute approximate surface area is 95.9 Å². The largest absolute Gasteiger partial charge is 0.347 e. The number of anilines is 1. The Balaban J connectivity index is 2.44. The highest BCUT2D eigenvalue weighted by Gasteiger charge is 2.11. The third-order valence-electron chi connectivity index (χ3n) is 1.61. The first kappa shape index (κ1) is 12.1. The number of unbranched alkanes of at least 4 members (excludes halogenated alkanes) is 1. The van der Waals surface area contributed by atoms with Crippen LogP contribution in [0.1, 0.15) is 19.8 Å². The summed E-state index contributed by atoms with van der Waals surface area (Å²) in [5.41, 5.74) is 0. The third kappa shape index (κ3) is 3.94. The zero-order valence-electron chi connectivity index (χ0n) is 8.19. The van der Waals surface area contributed by atoms with Gasteiger partial charge in [-0.3, -0.25) is 15.6 Å². The van der Waals surface area contributed by atoms with Crippen LogP contribution in [0, 0.1) is 3.95 Å². The Hall–Kier alpha value is -0.990. The normalized spacial score (nSPS) is 10.0. The quantitative estimate of drug-likeness (QED) is 0.433. The van der Waals surface area contributed by atoms with Crippen molar-refractivity contribution >= 4 is 34.7 Å². The lowest BCUT2D eigenvalue weighted by Gasteiger charge is -2.13. The van der Waals surface area contributed by atoms with Gasteiger partial charge in [0.1, 0.15) is 0 Å². The van der Waals surface area contributed by atoms with Gasteiger partial charge in [0.25, 0.3) is 0 Å². The van der Waals surface area contributed by atoms with Crippen LogP contribution < -0.4 is 5.32 Å². The Bertz CT molecular complexity index is 375. The number of H-pyrrole nitrogens is 1. The molecule has 0 unspecified atom stereocenters. The third-order valence-corrected chi connectivity index (χ3v) is 2.61. The molecular formula is C7H12N4O2S2. The average Bonchev–Trinajstić information content (AvgIpc) is 2.60. The molecule has 1 aromatic heterocycles. The van der Waals surface area contributed by atoms with Crippen molar-refractivity contribution in [2.24, 2.45) is 0 Å². The van der Waals surface area contributed by atoms with E-state index in [0.29, 0.717) is 20.7 Å². The molecule has 0 saturated carbocycles. The lowest BCUT2D eigenvalue weighted by Crippen LogP contribution is -2.32. The number of carbonyl (C=O) groups excluding carboxylic acids is 1. The monoisotopic (exact) mass is 248 g/mol. The van der Waals surface area contributed by atoms with Gasteiger partial charge in [-0.25, -0.2) is 9.86 Å². The summed E-state index contributed by atoms with van der Waals surface area (Å²) >= 11 is 5.93. The average molecular weight is 248 g/mol. The predicted octanol–water partition coefficient (Wildman–Crippen LogP) is 2.22. The summed E-state index contributed by atoms with van der Waals surface area (Å²) in [5.74, 6) is 0. The molecule has 0 aliphatic carbocycles. The molecule has 0 spiro atoms. The highest BCUT2D eigenvalue weighted by atomic mass is 32.1. The Morgan fingerprint density at radius 3 is 3.07 bits per heavy atom. The fourth-order valence-corrected chi connectivity index (χ4v) is 1.63. The van der Waals surface area contributed by atoms with E-state index in [4.69, 9.17) is 12.2 Å². The SMILES string of the molecule is CCCCN(O)C(=O)Nc1n[nH]c(=S)s1. The van der Waals surface area contributed by atoms with Crippen LogP contribution in [0.2, 0.25) is 0 Å². The molecule has 0 aliphatic heterocycles. The fourth-order valence-electron chi connectivity index (χ4n) is 0.849. The molecule has 1 heterocycles. The first-order valence-corrected chi connectivity index (χ1v) is 5.69. The molecule has 0 aliphatic rings. The number of nitrogens with one attached hydrogen (secondary N) is 2. The van der Waals surface area contributed by atoms with E-state index >= 15 is 0 Å². The van der Waals surface area contributed by atoms with Crippen molar-refractivity contribution < 1.29 is 10.0 Å². The number of aromatic nitrogens is 2. The number of hydrogen-bond donors (Lipinski definition) is 3. The number of nitrogens with zero attached hydrogens (tertiary/aromatic N) is 2. The molecule has 3 N–H and O–H groups in total. The molecule has 1 rings (SSSR count). The standard InChI is InChI=1S/C7H12N4O2S2/c1-2-3-4-11(13)6(12)8-5-9-10-7(14)15-5/h13H,2-4H2,1H3,(H,10,14)(H,8,9,12). The van der Waals surface area contributed by atoms with Crippen LogP contribution in [0.3, 0.4) is 0 Å². The van der Waals surface area contributed by atoms with Gasteiger partial charge in [0, 0.05) is 0 Å². The number of amides is 2. The molecule has 0 atom stereocenters. The fraction of sp³-hybridized carbons (Fsp3) is 0.571. The molecule has 6 nitrogen and oxygen atoms in total. The summed E-state index contributed by atoms with van der Waals surface area (Å²) in [6, 6.07) is -0.596. The lowest BCUT2D eigenvalue weighted by molar-refractivity contribution is -0.0379. The Kier molecular flexibility index (Phi) is 4.66. The van der Waals surface area contributed by atoms with Crippen LogP contribution in [0.5, 0.6) is 0 Å². The van der Waals surface area contributed by atoms with Gasteiger partial charge in [-0.15, -0.1) is 5.10 Å². The molecule has 0 radical (unpaired) electrons. The van der Waals surface area contributed by atoms with Crippen molar-refractivity contribution in [3.05, 3.63) is 3.95 Å². The molecule has 0 bridgehead atoms. The van der Waals surface area contributed by atoms with Crippen molar-refractivity contribution in [1.82, 2.24) is 15.3 Å². The number of aromatic amines is 1. The van der Waals surface area contributed by atoms with Crippen LogP contribution >= 0.6 is 23.6 Å². The first-order chi connectivity index (χ1) is 7.13. The summed E-state index contributed by atoms with van der Waals surface area (Å²) in [5, 5.41) is 18.9. The minimum absolute atomic E-state index is 0.304. The van der Waals surface area contributed by atoms with E-state index < -0.39 is 6.03 Å². The minimum atomic E-state index is -0.596. The van der Waals surface area contributed by atoms with Crippen LogP contribution in [-0.2, 0) is 0 Å². The number of rotatable bonds is 4. The second-order valence-corrected chi connectivity index (χ2v) is 4.49. The summed E-state index contributed by atoms with van der Waals surface area (Å²) < 4.78 is 0.475. The van der Waals surface area contributed by atoms with Gasteiger partial charge < -0.3 is 0 Å². The van der Waals surface area contributed by atoms with Crippen molar-refractivity contribution in [2.75, 3.05) is 11.9 Å². The highest BCUT2D eigenvalue weighted by molar-refractivity contribution is 7.73. The molecule has 0 aromatic carbocycles. The summed E-state index contributed by atoms with van der Waals surface area (Å²) in [6.07, 6.45) is 1.66. The van der Waals surface area contributed by atoms with Crippen molar-refractivity contribution in [2.45, 2.75) is 19.8 Å². The van der Waals surface area contributed by atoms with Gasteiger partial charge in [0.2, 0.25) is 5.13 Å². The summed E-state index contributed by atoms with van der Waals surface area (Å²) in [6.45, 7) is 2.28. The number of hydroxylamine groups is 2. The molecule has 1 aromatic rings. The van der Waals surface area contributed by atoms with Gasteiger partial charge in [0.05, 0.1) is 6.54 Å². The Morgan fingerprint density at radius 2 is 2.53 bits per heavy atom. The first-order valence-electron chi connectivity index (χ1n) is 4.46. The van der Waals surface area contributed by atoms with Gasteiger partial charge in [-0.1, -0.05) is 24.7 Å². The maximum Gasteiger partial charge on any atom is 0.347 e. The molecule has 15 heavy (non-hydrogen) atoms. The van der Waals surface area contributed by atoms with Gasteiger partial charge in [0.15, 0.2) is 3.95 Å². The van der Waals surface area contributed by atoms with E-state index in [-0.39, 0.29) is 0 Å². The van der Waals surface area contributed by atoms with E-state index in [1.807, 2.05) is 6.92 Å². The molecule has 8 heteroatoms. The van der Waals surface area contributed by atoms with E-state index in [0.717, 1.165) is 24.2 Å². The summed E-state index contributed by atoms with van der Waals surface area (Å²) in [4.78, 5) is 11.3. The van der Waals surface area contributed by atoms with Gasteiger partial charge >= 0.3 is 6.03 Å². The number of carbonyl (C=O) groups is 1. The van der Waals surface area contributed by atoms with Gasteiger partial charge in [-0.05, 0) is 18.6 Å². The highest BCUT2D eigenvalue weighted by Crippen LogP contribution is 2.11.